The van der Waals surface area contributed by atoms with Crippen molar-refractivity contribution < 1.29 is 34.4 Å². The predicted octanol–water partition coefficient (Wildman–Crippen LogP) is 4.67. The number of carbonyl (C=O) groups excluding carboxylic acids is 2. The van der Waals surface area contributed by atoms with Crippen molar-refractivity contribution in [2.45, 2.75) is 71.1 Å². The van der Waals surface area contributed by atoms with Crippen molar-refractivity contribution in [2.24, 2.45) is 0 Å². The van der Waals surface area contributed by atoms with E-state index in [9.17, 15) is 24.6 Å². The number of hydrogen-bond acceptors (Lipinski definition) is 7. The number of aromatic nitrogens is 2. The topological polar surface area (TPSA) is 154 Å². The van der Waals surface area contributed by atoms with Gasteiger partial charge in [-0.25, -0.2) is 0 Å². The Bertz CT molecular complexity index is 1790. The van der Waals surface area contributed by atoms with Gasteiger partial charge >= 0.3 is 5.97 Å². The van der Waals surface area contributed by atoms with E-state index < -0.39 is 30.5 Å². The van der Waals surface area contributed by atoms with E-state index in [-0.39, 0.29) is 18.9 Å². The molecule has 1 aromatic heterocycles. The Morgan fingerprint density at radius 2 is 1.82 bits per heavy atom. The van der Waals surface area contributed by atoms with E-state index in [1.807, 2.05) is 54.5 Å². The average Bonchev–Trinajstić information content (AvgIpc) is 3.54. The number of aryl methyl sites for hydroxylation is 1. The molecular weight excluding hydrogens is 624 g/mol. The number of carboxylic acid groups (broad SMARTS) is 1. The second-order valence-electron chi connectivity index (χ2n) is 12.6. The monoisotopic (exact) mass is 668 g/mol. The molecular formula is C38H44N4O7. The number of anilines is 1. The first-order valence-electron chi connectivity index (χ1n) is 16.7. The normalized spacial score (nSPS) is 13.8. The summed E-state index contributed by atoms with van der Waals surface area (Å²) in [6, 6.07) is 19.2. The number of aliphatic hydroxyl groups is 2. The molecule has 0 saturated heterocycles. The Morgan fingerprint density at radius 1 is 1.02 bits per heavy atom. The van der Waals surface area contributed by atoms with E-state index >= 15 is 0 Å². The number of benzene rings is 3. The van der Waals surface area contributed by atoms with Gasteiger partial charge in [-0.2, -0.15) is 5.10 Å². The lowest BCUT2D eigenvalue weighted by molar-refractivity contribution is -0.139. The summed E-state index contributed by atoms with van der Waals surface area (Å²) in [5, 5.41) is 35.8. The van der Waals surface area contributed by atoms with Gasteiger partial charge in [0.15, 0.2) is 0 Å². The molecule has 0 bridgehead atoms. The van der Waals surface area contributed by atoms with Crippen molar-refractivity contribution in [3.8, 4) is 16.9 Å². The number of nitrogens with zero attached hydrogens (tertiary/aromatic N) is 3. The molecule has 0 saturated carbocycles. The van der Waals surface area contributed by atoms with Crippen molar-refractivity contribution in [3.63, 3.8) is 0 Å². The molecule has 258 valence electrons. The Balaban J connectivity index is 1.18. The molecule has 11 heteroatoms. The van der Waals surface area contributed by atoms with Gasteiger partial charge in [0.25, 0.3) is 5.91 Å². The number of nitrogens with one attached hydrogen (secondary N) is 1. The Hall–Kier alpha value is -5.00. The van der Waals surface area contributed by atoms with Gasteiger partial charge in [0.2, 0.25) is 5.91 Å². The van der Waals surface area contributed by atoms with Gasteiger partial charge in [-0.15, -0.1) is 0 Å². The zero-order valence-corrected chi connectivity index (χ0v) is 28.0. The van der Waals surface area contributed by atoms with Gasteiger partial charge in [-0.3, -0.25) is 19.1 Å². The summed E-state index contributed by atoms with van der Waals surface area (Å²) in [6.45, 7) is 5.57. The lowest BCUT2D eigenvalue weighted by Gasteiger charge is -2.31. The SMILES string of the molecule is Cc1cccc(OCCCC(=O)N2CCCc3c(-c4cnn(Cc5cccc(C(=O)NC[C@@H](O)C[C@@H](O)CC(=O)O)c5)c4)cccc32)c1C. The maximum Gasteiger partial charge on any atom is 0.305 e. The molecule has 0 fully saturated rings. The van der Waals surface area contributed by atoms with Gasteiger partial charge in [0.1, 0.15) is 5.75 Å². The molecule has 5 rings (SSSR count). The van der Waals surface area contributed by atoms with E-state index in [1.54, 1.807) is 22.9 Å². The van der Waals surface area contributed by atoms with Crippen LogP contribution in [-0.4, -0.2) is 74.8 Å². The summed E-state index contributed by atoms with van der Waals surface area (Å²) in [5.41, 5.74) is 7.62. The first kappa shape index (κ1) is 35.3. The first-order valence-corrected chi connectivity index (χ1v) is 16.7. The van der Waals surface area contributed by atoms with Crippen LogP contribution in [0.2, 0.25) is 0 Å². The number of fused-ring (bicyclic) bond motifs is 1. The van der Waals surface area contributed by atoms with Gasteiger partial charge in [-0.05, 0) is 85.2 Å². The fourth-order valence-corrected chi connectivity index (χ4v) is 6.16. The van der Waals surface area contributed by atoms with Crippen molar-refractivity contribution >= 4 is 23.5 Å². The molecule has 0 radical (unpaired) electrons. The largest absolute Gasteiger partial charge is 0.493 e. The highest BCUT2D eigenvalue weighted by atomic mass is 16.5. The lowest BCUT2D eigenvalue weighted by atomic mass is 9.93. The molecule has 4 aromatic rings. The molecule has 0 spiro atoms. The summed E-state index contributed by atoms with van der Waals surface area (Å²) in [4.78, 5) is 38.7. The number of ether oxygens (including phenoxy) is 1. The fraction of sp³-hybridized carbons (Fsp3) is 0.368. The van der Waals surface area contributed by atoms with Crippen LogP contribution in [0.4, 0.5) is 5.69 Å². The molecule has 0 unspecified atom stereocenters. The highest BCUT2D eigenvalue weighted by molar-refractivity contribution is 5.96. The number of aliphatic hydroxyl groups excluding tert-OH is 2. The third-order valence-electron chi connectivity index (χ3n) is 8.83. The van der Waals surface area contributed by atoms with Crippen LogP contribution in [0.25, 0.3) is 11.1 Å². The van der Waals surface area contributed by atoms with Crippen LogP contribution in [0.15, 0.2) is 73.1 Å². The lowest BCUT2D eigenvalue weighted by Crippen LogP contribution is -2.35. The zero-order chi connectivity index (χ0) is 34.9. The van der Waals surface area contributed by atoms with Crippen molar-refractivity contribution in [1.29, 1.82) is 0 Å². The van der Waals surface area contributed by atoms with Crippen LogP contribution >= 0.6 is 0 Å². The number of hydrogen-bond donors (Lipinski definition) is 4. The highest BCUT2D eigenvalue weighted by Gasteiger charge is 2.25. The maximum atomic E-state index is 13.4. The van der Waals surface area contributed by atoms with Crippen LogP contribution in [0.5, 0.6) is 5.75 Å². The van der Waals surface area contributed by atoms with Gasteiger partial charge in [0.05, 0.1) is 38.0 Å². The zero-order valence-electron chi connectivity index (χ0n) is 28.0. The molecule has 3 aromatic carbocycles. The molecule has 2 amide bonds. The second-order valence-corrected chi connectivity index (χ2v) is 12.6. The highest BCUT2D eigenvalue weighted by Crippen LogP contribution is 2.36. The molecule has 49 heavy (non-hydrogen) atoms. The molecule has 4 N–H and O–H groups in total. The minimum absolute atomic E-state index is 0.0903. The Morgan fingerprint density at radius 3 is 2.63 bits per heavy atom. The number of aliphatic carboxylic acids is 1. The maximum absolute atomic E-state index is 13.4. The molecule has 2 atom stereocenters. The standard InChI is InChI=1S/C38H44N4O7/c1-25-8-3-14-35(26(25)2)49-17-7-15-36(45)42-16-6-12-33-32(11-5-13-34(33)42)29-21-40-41(24-29)23-27-9-4-10-28(18-27)38(48)39-22-31(44)19-30(43)20-37(46)47/h3-5,8-11,13-14,18,21,24,30-31,43-44H,6-7,12,15-17,19-20,22-23H2,1-2H3,(H,39,48)(H,46,47)/t30-,31+/m1/s1. The number of carbonyl (C=O) groups is 3. The van der Waals surface area contributed by atoms with Crippen LogP contribution in [-0.2, 0) is 22.6 Å². The summed E-state index contributed by atoms with van der Waals surface area (Å²) in [7, 11) is 0. The Kier molecular flexibility index (Phi) is 11.8. The van der Waals surface area contributed by atoms with Crippen molar-refractivity contribution in [2.75, 3.05) is 24.6 Å². The van der Waals surface area contributed by atoms with Gasteiger partial charge in [0, 0.05) is 48.9 Å². The average molecular weight is 669 g/mol. The van der Waals surface area contributed by atoms with Gasteiger partial charge in [-0.1, -0.05) is 36.4 Å². The van der Waals surface area contributed by atoms with E-state index in [0.29, 0.717) is 38.1 Å². The van der Waals surface area contributed by atoms with E-state index in [2.05, 4.69) is 29.5 Å². The summed E-state index contributed by atoms with van der Waals surface area (Å²) in [6.07, 6.45) is 3.65. The quantitative estimate of drug-likeness (QED) is 0.133. The first-order chi connectivity index (χ1) is 23.6. The summed E-state index contributed by atoms with van der Waals surface area (Å²) < 4.78 is 7.78. The minimum atomic E-state index is -1.20. The Labute approximate surface area is 286 Å². The van der Waals surface area contributed by atoms with E-state index in [4.69, 9.17) is 9.84 Å². The van der Waals surface area contributed by atoms with Crippen molar-refractivity contribution in [3.05, 3.63) is 101 Å². The van der Waals surface area contributed by atoms with E-state index in [0.717, 1.165) is 52.1 Å². The number of rotatable bonds is 15. The molecule has 11 nitrogen and oxygen atoms in total. The van der Waals surface area contributed by atoms with Crippen LogP contribution in [0.1, 0.15) is 64.7 Å². The fourth-order valence-electron chi connectivity index (χ4n) is 6.16. The summed E-state index contributed by atoms with van der Waals surface area (Å²) in [5.74, 6) is -0.597. The number of carboxylic acids is 1. The molecule has 2 heterocycles. The minimum Gasteiger partial charge on any atom is -0.493 e. The third-order valence-corrected chi connectivity index (χ3v) is 8.83. The van der Waals surface area contributed by atoms with Crippen molar-refractivity contribution in [1.82, 2.24) is 15.1 Å². The van der Waals surface area contributed by atoms with Crippen LogP contribution in [0.3, 0.4) is 0 Å². The predicted molar refractivity (Wildman–Crippen MR) is 186 cm³/mol. The van der Waals surface area contributed by atoms with E-state index in [1.165, 1.54) is 5.56 Å². The molecule has 1 aliphatic rings. The number of amides is 2. The van der Waals surface area contributed by atoms with Crippen LogP contribution < -0.4 is 15.0 Å². The van der Waals surface area contributed by atoms with Gasteiger partial charge < -0.3 is 30.3 Å². The second kappa shape index (κ2) is 16.4. The van der Waals surface area contributed by atoms with Crippen LogP contribution in [0, 0.1) is 13.8 Å². The third kappa shape index (κ3) is 9.33. The summed E-state index contributed by atoms with van der Waals surface area (Å²) >= 11 is 0. The molecule has 1 aliphatic heterocycles. The molecule has 0 aliphatic carbocycles. The smallest absolute Gasteiger partial charge is 0.305 e.